The molecular formula is C25H31BrN2O2. The zero-order chi connectivity index (χ0) is 21.0. The molecule has 1 amide bonds. The maximum Gasteiger partial charge on any atom is 0.233 e. The number of aryl methyl sites for hydroxylation is 1. The number of halogens is 1. The Morgan fingerprint density at radius 3 is 2.47 bits per heavy atom. The quantitative estimate of drug-likeness (QED) is 0.657. The van der Waals surface area contributed by atoms with Gasteiger partial charge in [-0.25, -0.2) is 0 Å². The lowest BCUT2D eigenvalue weighted by Crippen LogP contribution is -2.50. The molecule has 0 aliphatic carbocycles. The summed E-state index contributed by atoms with van der Waals surface area (Å²) < 4.78 is 6.68. The summed E-state index contributed by atoms with van der Waals surface area (Å²) in [6.07, 6.45) is 2.54. The van der Waals surface area contributed by atoms with E-state index in [0.29, 0.717) is 13.2 Å². The van der Waals surface area contributed by atoms with Crippen LogP contribution >= 0.6 is 15.9 Å². The lowest BCUT2D eigenvalue weighted by atomic mass is 9.73. The van der Waals surface area contributed by atoms with Crippen LogP contribution in [0.5, 0.6) is 0 Å². The Morgan fingerprint density at radius 2 is 1.73 bits per heavy atom. The minimum Gasteiger partial charge on any atom is -0.381 e. The van der Waals surface area contributed by atoms with Gasteiger partial charge in [0.25, 0.3) is 0 Å². The topological polar surface area (TPSA) is 32.8 Å². The molecule has 0 atom stereocenters. The van der Waals surface area contributed by atoms with Crippen LogP contribution in [0.1, 0.15) is 36.0 Å². The van der Waals surface area contributed by atoms with E-state index in [1.165, 1.54) is 11.1 Å². The second-order valence-corrected chi connectivity index (χ2v) is 9.47. The molecule has 0 saturated carbocycles. The Bertz CT molecular complexity index is 862. The van der Waals surface area contributed by atoms with Crippen LogP contribution in [-0.2, 0) is 21.5 Å². The van der Waals surface area contributed by atoms with E-state index in [2.05, 4.69) is 69.1 Å². The molecule has 0 spiro atoms. The molecule has 2 fully saturated rings. The molecule has 0 bridgehead atoms. The number of carbonyl (C=O) groups is 1. The van der Waals surface area contributed by atoms with E-state index in [1.807, 2.05) is 12.1 Å². The molecule has 2 aromatic rings. The van der Waals surface area contributed by atoms with Crippen LogP contribution < -0.4 is 0 Å². The standard InChI is InChI=1S/C25H31BrN2O2/c1-20-5-2-3-6-21(20)19-27-13-4-14-28(16-15-27)24(29)25(11-17-30-18-12-25)22-7-9-23(26)10-8-22/h2-3,5-10H,4,11-19H2,1H3. The molecule has 2 saturated heterocycles. The van der Waals surface area contributed by atoms with Gasteiger partial charge in [0.15, 0.2) is 0 Å². The van der Waals surface area contributed by atoms with Gasteiger partial charge in [-0.15, -0.1) is 0 Å². The van der Waals surface area contributed by atoms with E-state index < -0.39 is 5.41 Å². The molecule has 2 aliphatic rings. The molecule has 0 radical (unpaired) electrons. The SMILES string of the molecule is Cc1ccccc1CN1CCCN(C(=O)C2(c3ccc(Br)cc3)CCOCC2)CC1. The van der Waals surface area contributed by atoms with Gasteiger partial charge in [-0.3, -0.25) is 9.69 Å². The van der Waals surface area contributed by atoms with E-state index in [0.717, 1.165) is 62.0 Å². The van der Waals surface area contributed by atoms with Crippen LogP contribution in [0.25, 0.3) is 0 Å². The van der Waals surface area contributed by atoms with Crippen molar-refractivity contribution in [2.24, 2.45) is 0 Å². The lowest BCUT2D eigenvalue weighted by molar-refractivity contribution is -0.141. The fourth-order valence-corrected chi connectivity index (χ4v) is 5.04. The molecule has 160 valence electrons. The van der Waals surface area contributed by atoms with Gasteiger partial charge in [-0.2, -0.15) is 0 Å². The summed E-state index contributed by atoms with van der Waals surface area (Å²) in [5.41, 5.74) is 3.39. The van der Waals surface area contributed by atoms with Crippen molar-refractivity contribution in [3.05, 3.63) is 69.7 Å². The van der Waals surface area contributed by atoms with Crippen LogP contribution in [0.3, 0.4) is 0 Å². The first-order chi connectivity index (χ1) is 14.6. The number of hydrogen-bond acceptors (Lipinski definition) is 3. The number of ether oxygens (including phenoxy) is 1. The van der Waals surface area contributed by atoms with Crippen molar-refractivity contribution in [2.45, 2.75) is 38.1 Å². The lowest BCUT2D eigenvalue weighted by Gasteiger charge is -2.40. The van der Waals surface area contributed by atoms with Crippen molar-refractivity contribution in [1.82, 2.24) is 9.80 Å². The molecule has 4 rings (SSSR count). The van der Waals surface area contributed by atoms with Gasteiger partial charge in [0, 0.05) is 50.4 Å². The van der Waals surface area contributed by atoms with Crippen LogP contribution in [0.2, 0.25) is 0 Å². The van der Waals surface area contributed by atoms with E-state index >= 15 is 0 Å². The molecule has 30 heavy (non-hydrogen) atoms. The zero-order valence-corrected chi connectivity index (χ0v) is 19.4. The molecule has 2 aromatic carbocycles. The third-order valence-corrected chi connectivity index (χ3v) is 7.21. The first-order valence-corrected chi connectivity index (χ1v) is 11.8. The normalized spacial score (nSPS) is 20.0. The average Bonchev–Trinajstić information content (AvgIpc) is 3.01. The van der Waals surface area contributed by atoms with Crippen molar-refractivity contribution >= 4 is 21.8 Å². The van der Waals surface area contributed by atoms with Crippen molar-refractivity contribution < 1.29 is 9.53 Å². The van der Waals surface area contributed by atoms with E-state index in [1.54, 1.807) is 0 Å². The molecular weight excluding hydrogens is 440 g/mol. The maximum atomic E-state index is 13.9. The molecule has 0 N–H and O–H groups in total. The molecule has 2 aliphatic heterocycles. The van der Waals surface area contributed by atoms with Crippen LogP contribution in [0, 0.1) is 6.92 Å². The second-order valence-electron chi connectivity index (χ2n) is 8.55. The fraction of sp³-hybridized carbons (Fsp3) is 0.480. The Hall–Kier alpha value is -1.69. The smallest absolute Gasteiger partial charge is 0.233 e. The summed E-state index contributed by atoms with van der Waals surface area (Å²) in [5, 5.41) is 0. The van der Waals surface area contributed by atoms with E-state index in [-0.39, 0.29) is 5.91 Å². The van der Waals surface area contributed by atoms with Crippen LogP contribution in [0.15, 0.2) is 53.0 Å². The number of carbonyl (C=O) groups excluding carboxylic acids is 1. The van der Waals surface area contributed by atoms with Gasteiger partial charge in [-0.1, -0.05) is 52.3 Å². The highest BCUT2D eigenvalue weighted by Gasteiger charge is 2.44. The number of amides is 1. The van der Waals surface area contributed by atoms with E-state index in [9.17, 15) is 4.79 Å². The molecule has 4 nitrogen and oxygen atoms in total. The third-order valence-electron chi connectivity index (χ3n) is 6.68. The summed E-state index contributed by atoms with van der Waals surface area (Å²) >= 11 is 3.52. The zero-order valence-electron chi connectivity index (χ0n) is 17.8. The first-order valence-electron chi connectivity index (χ1n) is 11.0. The van der Waals surface area contributed by atoms with Gasteiger partial charge < -0.3 is 9.64 Å². The largest absolute Gasteiger partial charge is 0.381 e. The molecule has 5 heteroatoms. The van der Waals surface area contributed by atoms with Crippen molar-refractivity contribution in [3.8, 4) is 0 Å². The highest BCUT2D eigenvalue weighted by Crippen LogP contribution is 2.37. The van der Waals surface area contributed by atoms with Gasteiger partial charge in [0.05, 0.1) is 5.41 Å². The minimum absolute atomic E-state index is 0.283. The van der Waals surface area contributed by atoms with Crippen molar-refractivity contribution in [3.63, 3.8) is 0 Å². The Morgan fingerprint density at radius 1 is 1.00 bits per heavy atom. The van der Waals surface area contributed by atoms with Gasteiger partial charge in [-0.05, 0) is 55.0 Å². The minimum atomic E-state index is -0.454. The number of nitrogens with zero attached hydrogens (tertiary/aromatic N) is 2. The van der Waals surface area contributed by atoms with Gasteiger partial charge in [0.1, 0.15) is 0 Å². The summed E-state index contributed by atoms with van der Waals surface area (Å²) in [6, 6.07) is 16.9. The predicted octanol–water partition coefficient (Wildman–Crippen LogP) is 4.54. The van der Waals surface area contributed by atoms with Gasteiger partial charge >= 0.3 is 0 Å². The van der Waals surface area contributed by atoms with Crippen LogP contribution in [-0.4, -0.2) is 55.1 Å². The summed E-state index contributed by atoms with van der Waals surface area (Å²) in [6.45, 7) is 8.02. The fourth-order valence-electron chi connectivity index (χ4n) is 4.78. The number of rotatable bonds is 4. The first kappa shape index (κ1) is 21.5. The highest BCUT2D eigenvalue weighted by atomic mass is 79.9. The number of hydrogen-bond donors (Lipinski definition) is 0. The monoisotopic (exact) mass is 470 g/mol. The molecule has 0 aromatic heterocycles. The third kappa shape index (κ3) is 4.63. The van der Waals surface area contributed by atoms with Crippen molar-refractivity contribution in [1.29, 1.82) is 0 Å². The summed E-state index contributed by atoms with van der Waals surface area (Å²) in [5.74, 6) is 0.283. The Labute approximate surface area is 188 Å². The average molecular weight is 471 g/mol. The van der Waals surface area contributed by atoms with Crippen LogP contribution in [0.4, 0.5) is 0 Å². The Kier molecular flexibility index (Phi) is 6.91. The predicted molar refractivity (Wildman–Crippen MR) is 124 cm³/mol. The number of benzene rings is 2. The van der Waals surface area contributed by atoms with E-state index in [4.69, 9.17) is 4.74 Å². The summed E-state index contributed by atoms with van der Waals surface area (Å²) in [7, 11) is 0. The second kappa shape index (κ2) is 9.63. The molecule has 2 heterocycles. The Balaban J connectivity index is 1.49. The van der Waals surface area contributed by atoms with Gasteiger partial charge in [0.2, 0.25) is 5.91 Å². The summed E-state index contributed by atoms with van der Waals surface area (Å²) in [4.78, 5) is 18.5. The maximum absolute atomic E-state index is 13.9. The highest BCUT2D eigenvalue weighted by molar-refractivity contribution is 9.10. The van der Waals surface area contributed by atoms with Crippen molar-refractivity contribution in [2.75, 3.05) is 39.4 Å². The molecule has 0 unspecified atom stereocenters.